The SMILES string of the molecule is COCC(C)OCC(C)OCC(C)OCC(C)OCC(C)OCC(C)OCC(C)OC. The van der Waals surface area contributed by atoms with Gasteiger partial charge in [-0.2, -0.15) is 0 Å². The molecule has 7 atom stereocenters. The summed E-state index contributed by atoms with van der Waals surface area (Å²) in [5.41, 5.74) is 0. The van der Waals surface area contributed by atoms with E-state index in [1.807, 2.05) is 48.5 Å². The first-order valence-electron chi connectivity index (χ1n) is 11.4. The Bertz CT molecular complexity index is 398. The second-order valence-electron chi connectivity index (χ2n) is 8.37. The largest absolute Gasteiger partial charge is 0.382 e. The van der Waals surface area contributed by atoms with E-state index in [4.69, 9.17) is 37.9 Å². The Morgan fingerprint density at radius 2 is 0.581 bits per heavy atom. The van der Waals surface area contributed by atoms with Gasteiger partial charge in [0.1, 0.15) is 0 Å². The van der Waals surface area contributed by atoms with E-state index in [-0.39, 0.29) is 42.7 Å². The molecule has 0 heterocycles. The summed E-state index contributed by atoms with van der Waals surface area (Å²) < 4.78 is 44.8. The van der Waals surface area contributed by atoms with Crippen LogP contribution in [-0.4, -0.2) is 103 Å². The summed E-state index contributed by atoms with van der Waals surface area (Å²) in [6.07, 6.45) is 0.0859. The van der Waals surface area contributed by atoms with E-state index in [0.717, 1.165) is 0 Å². The van der Waals surface area contributed by atoms with Crippen molar-refractivity contribution >= 4 is 0 Å². The Balaban J connectivity index is 3.79. The quantitative estimate of drug-likeness (QED) is 0.263. The van der Waals surface area contributed by atoms with Crippen LogP contribution in [0.4, 0.5) is 0 Å². The molecule has 0 fully saturated rings. The summed E-state index contributed by atoms with van der Waals surface area (Å²) >= 11 is 0. The average molecular weight is 453 g/mol. The Kier molecular flexibility index (Phi) is 19.0. The molecular weight excluding hydrogens is 404 g/mol. The third-order valence-corrected chi connectivity index (χ3v) is 4.50. The molecule has 0 rings (SSSR count). The summed E-state index contributed by atoms with van der Waals surface area (Å²) in [5.74, 6) is 0. The number of rotatable bonds is 21. The maximum atomic E-state index is 5.83. The summed E-state index contributed by atoms with van der Waals surface area (Å²) in [7, 11) is 3.34. The van der Waals surface area contributed by atoms with Crippen molar-refractivity contribution in [1.29, 1.82) is 0 Å². The van der Waals surface area contributed by atoms with E-state index in [9.17, 15) is 0 Å². The van der Waals surface area contributed by atoms with Gasteiger partial charge >= 0.3 is 0 Å². The molecule has 7 unspecified atom stereocenters. The highest BCUT2D eigenvalue weighted by Crippen LogP contribution is 2.04. The van der Waals surface area contributed by atoms with Gasteiger partial charge in [0.05, 0.1) is 89.0 Å². The van der Waals surface area contributed by atoms with Crippen molar-refractivity contribution in [3.05, 3.63) is 0 Å². The second kappa shape index (κ2) is 19.2. The van der Waals surface area contributed by atoms with Crippen LogP contribution in [0.3, 0.4) is 0 Å². The molecule has 188 valence electrons. The number of hydrogen-bond acceptors (Lipinski definition) is 8. The molecule has 0 spiro atoms. The van der Waals surface area contributed by atoms with Gasteiger partial charge in [0.25, 0.3) is 0 Å². The topological polar surface area (TPSA) is 73.8 Å². The molecule has 0 aromatic carbocycles. The van der Waals surface area contributed by atoms with Crippen LogP contribution in [0.2, 0.25) is 0 Å². The molecule has 31 heavy (non-hydrogen) atoms. The maximum absolute atomic E-state index is 5.83. The van der Waals surface area contributed by atoms with E-state index in [0.29, 0.717) is 46.2 Å². The van der Waals surface area contributed by atoms with Crippen molar-refractivity contribution in [2.45, 2.75) is 91.2 Å². The summed E-state index contributed by atoms with van der Waals surface area (Å²) in [6, 6.07) is 0. The van der Waals surface area contributed by atoms with E-state index in [1.54, 1.807) is 14.2 Å². The lowest BCUT2D eigenvalue weighted by Gasteiger charge is -2.22. The van der Waals surface area contributed by atoms with Gasteiger partial charge in [-0.15, -0.1) is 0 Å². The summed E-state index contributed by atoms with van der Waals surface area (Å²) in [4.78, 5) is 0. The Hall–Kier alpha value is -0.320. The van der Waals surface area contributed by atoms with E-state index in [1.165, 1.54) is 0 Å². The predicted octanol–water partition coefficient (Wildman–Crippen LogP) is 3.10. The van der Waals surface area contributed by atoms with Gasteiger partial charge in [-0.3, -0.25) is 0 Å². The van der Waals surface area contributed by atoms with Crippen LogP contribution < -0.4 is 0 Å². The van der Waals surface area contributed by atoms with Crippen molar-refractivity contribution in [2.75, 3.05) is 60.5 Å². The molecule has 0 aliphatic rings. The highest BCUT2D eigenvalue weighted by Gasteiger charge is 2.13. The molecule has 0 aliphatic heterocycles. The smallest absolute Gasteiger partial charge is 0.0781 e. The third-order valence-electron chi connectivity index (χ3n) is 4.50. The van der Waals surface area contributed by atoms with Gasteiger partial charge < -0.3 is 37.9 Å². The van der Waals surface area contributed by atoms with Gasteiger partial charge in [-0.25, -0.2) is 0 Å². The van der Waals surface area contributed by atoms with E-state index in [2.05, 4.69) is 0 Å². The van der Waals surface area contributed by atoms with Crippen LogP contribution in [0.5, 0.6) is 0 Å². The summed E-state index contributed by atoms with van der Waals surface area (Å²) in [5, 5.41) is 0. The zero-order chi connectivity index (χ0) is 23.6. The van der Waals surface area contributed by atoms with Crippen molar-refractivity contribution in [3.8, 4) is 0 Å². The molecule has 0 aromatic rings. The van der Waals surface area contributed by atoms with Crippen molar-refractivity contribution in [2.24, 2.45) is 0 Å². The Morgan fingerprint density at radius 1 is 0.355 bits per heavy atom. The molecule has 0 radical (unpaired) electrons. The minimum Gasteiger partial charge on any atom is -0.382 e. The first-order chi connectivity index (χ1) is 14.7. The van der Waals surface area contributed by atoms with E-state index < -0.39 is 0 Å². The minimum atomic E-state index is -0.0274. The van der Waals surface area contributed by atoms with Crippen molar-refractivity contribution in [3.63, 3.8) is 0 Å². The Morgan fingerprint density at radius 3 is 0.806 bits per heavy atom. The van der Waals surface area contributed by atoms with Crippen molar-refractivity contribution in [1.82, 2.24) is 0 Å². The molecule has 0 bridgehead atoms. The molecular formula is C23H48O8. The zero-order valence-corrected chi connectivity index (χ0v) is 21.3. The van der Waals surface area contributed by atoms with Crippen LogP contribution in [0, 0.1) is 0 Å². The Labute approximate surface area is 190 Å². The molecule has 0 saturated heterocycles. The lowest BCUT2D eigenvalue weighted by atomic mass is 10.3. The molecule has 8 nitrogen and oxygen atoms in total. The van der Waals surface area contributed by atoms with Gasteiger partial charge in [0.15, 0.2) is 0 Å². The van der Waals surface area contributed by atoms with Crippen molar-refractivity contribution < 1.29 is 37.9 Å². The molecule has 0 aromatic heterocycles. The average Bonchev–Trinajstić information content (AvgIpc) is 2.75. The number of methoxy groups -OCH3 is 2. The van der Waals surface area contributed by atoms with Gasteiger partial charge in [-0.05, 0) is 48.5 Å². The first-order valence-corrected chi connectivity index (χ1v) is 11.4. The van der Waals surface area contributed by atoms with Crippen LogP contribution >= 0.6 is 0 Å². The number of ether oxygens (including phenoxy) is 8. The standard InChI is InChI=1S/C23H48O8/c1-17(25-9)11-26-19(3)13-28-21(5)15-30-23(7)16-31-22(6)14-29-20(4)12-27-18(2)10-24-8/h17-23H,10-16H2,1-9H3. The fourth-order valence-electron chi connectivity index (χ4n) is 2.39. The predicted molar refractivity (Wildman–Crippen MR) is 121 cm³/mol. The molecule has 0 N–H and O–H groups in total. The fraction of sp³-hybridized carbons (Fsp3) is 1.00. The third kappa shape index (κ3) is 18.9. The normalized spacial score (nSPS) is 18.9. The molecule has 8 heteroatoms. The second-order valence-corrected chi connectivity index (χ2v) is 8.37. The molecule has 0 aliphatic carbocycles. The van der Waals surface area contributed by atoms with Gasteiger partial charge in [0.2, 0.25) is 0 Å². The lowest BCUT2D eigenvalue weighted by molar-refractivity contribution is -0.106. The van der Waals surface area contributed by atoms with Crippen LogP contribution in [0.15, 0.2) is 0 Å². The number of hydrogen-bond donors (Lipinski definition) is 0. The summed E-state index contributed by atoms with van der Waals surface area (Å²) in [6.45, 7) is 17.6. The molecule has 0 saturated carbocycles. The zero-order valence-electron chi connectivity index (χ0n) is 21.3. The lowest BCUT2D eigenvalue weighted by Crippen LogP contribution is -2.30. The van der Waals surface area contributed by atoms with Crippen LogP contribution in [0.25, 0.3) is 0 Å². The highest BCUT2D eigenvalue weighted by atomic mass is 16.6. The van der Waals surface area contributed by atoms with E-state index >= 15 is 0 Å². The van der Waals surface area contributed by atoms with Gasteiger partial charge in [0, 0.05) is 14.2 Å². The van der Waals surface area contributed by atoms with Crippen LogP contribution in [-0.2, 0) is 37.9 Å². The first kappa shape index (κ1) is 30.7. The highest BCUT2D eigenvalue weighted by molar-refractivity contribution is 4.59. The fourth-order valence-corrected chi connectivity index (χ4v) is 2.39. The van der Waals surface area contributed by atoms with Gasteiger partial charge in [-0.1, -0.05) is 0 Å². The maximum Gasteiger partial charge on any atom is 0.0781 e. The van der Waals surface area contributed by atoms with Crippen LogP contribution in [0.1, 0.15) is 48.5 Å². The monoisotopic (exact) mass is 452 g/mol. The minimum absolute atomic E-state index is 0.00103. The molecule has 0 amide bonds.